The third kappa shape index (κ3) is 4.94. The van der Waals surface area contributed by atoms with Gasteiger partial charge in [0.25, 0.3) is 5.91 Å². The molecule has 1 aliphatic rings. The van der Waals surface area contributed by atoms with Crippen LogP contribution in [0.15, 0.2) is 18.2 Å². The number of anilines is 1. The summed E-state index contributed by atoms with van der Waals surface area (Å²) >= 11 is 6.16. The summed E-state index contributed by atoms with van der Waals surface area (Å²) in [6.45, 7) is 4.16. The van der Waals surface area contributed by atoms with Crippen LogP contribution in [0, 0.1) is 5.92 Å². The van der Waals surface area contributed by atoms with Crippen LogP contribution >= 0.6 is 11.6 Å². The number of nitrogens with one attached hydrogen (secondary N) is 1. The molecule has 0 aromatic heterocycles. The molecule has 0 heterocycles. The predicted molar refractivity (Wildman–Crippen MR) is 90.7 cm³/mol. The van der Waals surface area contributed by atoms with E-state index in [2.05, 4.69) is 5.32 Å². The Morgan fingerprint density at radius 1 is 1.39 bits per heavy atom. The summed E-state index contributed by atoms with van der Waals surface area (Å²) < 4.78 is 0. The summed E-state index contributed by atoms with van der Waals surface area (Å²) in [7, 11) is 0. The molecule has 1 fully saturated rings. The molecule has 0 bridgehead atoms. The van der Waals surface area contributed by atoms with Crippen molar-refractivity contribution in [2.45, 2.75) is 39.2 Å². The number of aliphatic hydroxyl groups is 1. The average molecular weight is 339 g/mol. The smallest absolute Gasteiger partial charge is 0.255 e. The SMILES string of the molecule is CC(C)CC(=O)Nc1ccc(Cl)c(C(=O)N(CCO)C2CC2)c1. The number of halogens is 1. The van der Waals surface area contributed by atoms with Crippen molar-refractivity contribution < 1.29 is 14.7 Å². The largest absolute Gasteiger partial charge is 0.395 e. The highest BCUT2D eigenvalue weighted by molar-refractivity contribution is 6.34. The lowest BCUT2D eigenvalue weighted by Gasteiger charge is -2.22. The topological polar surface area (TPSA) is 69.6 Å². The molecule has 2 rings (SSSR count). The first-order valence-electron chi connectivity index (χ1n) is 7.93. The fourth-order valence-electron chi connectivity index (χ4n) is 2.45. The van der Waals surface area contributed by atoms with Gasteiger partial charge in [-0.05, 0) is 37.0 Å². The van der Waals surface area contributed by atoms with E-state index in [9.17, 15) is 9.59 Å². The van der Waals surface area contributed by atoms with Gasteiger partial charge >= 0.3 is 0 Å². The zero-order valence-corrected chi connectivity index (χ0v) is 14.3. The van der Waals surface area contributed by atoms with E-state index >= 15 is 0 Å². The van der Waals surface area contributed by atoms with Gasteiger partial charge < -0.3 is 15.3 Å². The molecule has 0 saturated heterocycles. The maximum absolute atomic E-state index is 12.7. The van der Waals surface area contributed by atoms with Gasteiger partial charge in [0.2, 0.25) is 5.91 Å². The molecule has 1 saturated carbocycles. The summed E-state index contributed by atoms with van der Waals surface area (Å²) in [4.78, 5) is 26.2. The van der Waals surface area contributed by atoms with Gasteiger partial charge in [-0.1, -0.05) is 25.4 Å². The van der Waals surface area contributed by atoms with Crippen molar-refractivity contribution in [1.29, 1.82) is 0 Å². The third-order valence-corrected chi connectivity index (χ3v) is 3.99. The van der Waals surface area contributed by atoms with Crippen molar-refractivity contribution in [1.82, 2.24) is 4.90 Å². The molecule has 2 N–H and O–H groups in total. The fraction of sp³-hybridized carbons (Fsp3) is 0.529. The number of benzene rings is 1. The van der Waals surface area contributed by atoms with E-state index in [4.69, 9.17) is 16.7 Å². The summed E-state index contributed by atoms with van der Waals surface area (Å²) in [5, 5.41) is 12.3. The Bertz CT molecular complexity index is 585. The fourth-order valence-corrected chi connectivity index (χ4v) is 2.65. The Balaban J connectivity index is 2.16. The van der Waals surface area contributed by atoms with E-state index in [1.54, 1.807) is 23.1 Å². The standard InChI is InChI=1S/C17H23ClN2O3/c1-11(2)9-16(22)19-12-3-6-15(18)14(10-12)17(23)20(7-8-21)13-4-5-13/h3,6,10-11,13,21H,4-5,7-9H2,1-2H3,(H,19,22). The monoisotopic (exact) mass is 338 g/mol. The highest BCUT2D eigenvalue weighted by Crippen LogP contribution is 2.30. The highest BCUT2D eigenvalue weighted by Gasteiger charge is 2.33. The number of aliphatic hydroxyl groups excluding tert-OH is 1. The minimum Gasteiger partial charge on any atom is -0.395 e. The first-order valence-corrected chi connectivity index (χ1v) is 8.31. The zero-order valence-electron chi connectivity index (χ0n) is 13.5. The molecule has 5 nitrogen and oxygen atoms in total. The third-order valence-electron chi connectivity index (χ3n) is 3.66. The van der Waals surface area contributed by atoms with Gasteiger partial charge in [-0.15, -0.1) is 0 Å². The molecule has 6 heteroatoms. The molecular weight excluding hydrogens is 316 g/mol. The van der Waals surface area contributed by atoms with Gasteiger partial charge in [0.15, 0.2) is 0 Å². The summed E-state index contributed by atoms with van der Waals surface area (Å²) in [5.41, 5.74) is 0.914. The number of nitrogens with zero attached hydrogens (tertiary/aromatic N) is 1. The number of carbonyl (C=O) groups is 2. The molecule has 0 atom stereocenters. The van der Waals surface area contributed by atoms with Crippen molar-refractivity contribution in [2.24, 2.45) is 5.92 Å². The van der Waals surface area contributed by atoms with Gasteiger partial charge in [0, 0.05) is 24.7 Å². The minimum atomic E-state index is -0.202. The lowest BCUT2D eigenvalue weighted by Crippen LogP contribution is -2.35. The Morgan fingerprint density at radius 3 is 2.65 bits per heavy atom. The van der Waals surface area contributed by atoms with E-state index in [1.165, 1.54) is 0 Å². The van der Waals surface area contributed by atoms with Gasteiger partial charge in [-0.25, -0.2) is 0 Å². The molecule has 0 spiro atoms. The Hall–Kier alpha value is -1.59. The Labute approximate surface area is 141 Å². The van der Waals surface area contributed by atoms with E-state index < -0.39 is 0 Å². The van der Waals surface area contributed by atoms with Crippen LogP contribution in [0.3, 0.4) is 0 Å². The highest BCUT2D eigenvalue weighted by atomic mass is 35.5. The number of hydrogen-bond acceptors (Lipinski definition) is 3. The quantitative estimate of drug-likeness (QED) is 0.803. The van der Waals surface area contributed by atoms with E-state index in [0.717, 1.165) is 12.8 Å². The second-order valence-electron chi connectivity index (χ2n) is 6.29. The van der Waals surface area contributed by atoms with Crippen molar-refractivity contribution in [2.75, 3.05) is 18.5 Å². The van der Waals surface area contributed by atoms with Crippen LogP contribution in [-0.2, 0) is 4.79 Å². The number of carbonyl (C=O) groups excluding carboxylic acids is 2. The molecule has 1 aromatic rings. The van der Waals surface area contributed by atoms with Crippen LogP contribution in [-0.4, -0.2) is 41.0 Å². The van der Waals surface area contributed by atoms with Gasteiger partial charge in [-0.2, -0.15) is 0 Å². The van der Waals surface area contributed by atoms with Crippen LogP contribution < -0.4 is 5.32 Å². The predicted octanol–water partition coefficient (Wildman–Crippen LogP) is 2.92. The van der Waals surface area contributed by atoms with Gasteiger partial charge in [-0.3, -0.25) is 9.59 Å². The second-order valence-corrected chi connectivity index (χ2v) is 6.70. The van der Waals surface area contributed by atoms with Gasteiger partial charge in [0.05, 0.1) is 17.2 Å². The summed E-state index contributed by atoms with van der Waals surface area (Å²) in [6.07, 6.45) is 2.33. The maximum Gasteiger partial charge on any atom is 0.255 e. The molecule has 1 aliphatic carbocycles. The summed E-state index contributed by atoms with van der Waals surface area (Å²) in [6, 6.07) is 5.09. The lowest BCUT2D eigenvalue weighted by atomic mass is 10.1. The van der Waals surface area contributed by atoms with E-state index in [-0.39, 0.29) is 30.4 Å². The number of rotatable bonds is 7. The van der Waals surface area contributed by atoms with Crippen LogP contribution in [0.2, 0.25) is 5.02 Å². The molecule has 23 heavy (non-hydrogen) atoms. The van der Waals surface area contributed by atoms with Crippen LogP contribution in [0.5, 0.6) is 0 Å². The molecule has 1 aromatic carbocycles. The number of hydrogen-bond donors (Lipinski definition) is 2. The maximum atomic E-state index is 12.7. The Kier molecular flexibility index (Phi) is 6.02. The first-order chi connectivity index (χ1) is 10.9. The van der Waals surface area contributed by atoms with Crippen LogP contribution in [0.4, 0.5) is 5.69 Å². The zero-order chi connectivity index (χ0) is 17.0. The van der Waals surface area contributed by atoms with Crippen LogP contribution in [0.1, 0.15) is 43.5 Å². The molecule has 0 aliphatic heterocycles. The molecule has 2 amide bonds. The van der Waals surface area contributed by atoms with Crippen molar-refractivity contribution in [3.63, 3.8) is 0 Å². The van der Waals surface area contributed by atoms with E-state index in [0.29, 0.717) is 29.2 Å². The molecular formula is C17H23ClN2O3. The number of amides is 2. The van der Waals surface area contributed by atoms with Crippen molar-refractivity contribution in [3.8, 4) is 0 Å². The molecule has 126 valence electrons. The first kappa shape index (κ1) is 17.8. The summed E-state index contributed by atoms with van der Waals surface area (Å²) in [5.74, 6) is -0.0278. The Morgan fingerprint density at radius 2 is 2.09 bits per heavy atom. The van der Waals surface area contributed by atoms with Crippen molar-refractivity contribution >= 4 is 29.1 Å². The van der Waals surface area contributed by atoms with Gasteiger partial charge in [0.1, 0.15) is 0 Å². The average Bonchev–Trinajstić information content (AvgIpc) is 3.30. The van der Waals surface area contributed by atoms with Crippen molar-refractivity contribution in [3.05, 3.63) is 28.8 Å². The molecule has 0 unspecified atom stereocenters. The lowest BCUT2D eigenvalue weighted by molar-refractivity contribution is -0.116. The van der Waals surface area contributed by atoms with E-state index in [1.807, 2.05) is 13.8 Å². The molecule has 0 radical (unpaired) electrons. The second kappa shape index (κ2) is 7.79. The van der Waals surface area contributed by atoms with Crippen LogP contribution in [0.25, 0.3) is 0 Å². The minimum absolute atomic E-state index is 0.0787. The normalized spacial score (nSPS) is 14.0.